The molecule has 0 aliphatic carbocycles. The minimum absolute atomic E-state index is 0.00942. The summed E-state index contributed by atoms with van der Waals surface area (Å²) in [4.78, 5) is 29.1. The summed E-state index contributed by atoms with van der Waals surface area (Å²) >= 11 is 0. The predicted octanol–water partition coefficient (Wildman–Crippen LogP) is 2.58. The Balaban J connectivity index is 1.59. The Hall–Kier alpha value is -3.20. The first-order valence-corrected chi connectivity index (χ1v) is 9.91. The van der Waals surface area contributed by atoms with Crippen LogP contribution in [0.25, 0.3) is 0 Å². The van der Waals surface area contributed by atoms with E-state index in [2.05, 4.69) is 10.3 Å². The molecule has 0 bridgehead atoms. The van der Waals surface area contributed by atoms with Crippen molar-refractivity contribution in [2.75, 3.05) is 13.1 Å². The zero-order valence-electron chi connectivity index (χ0n) is 16.5. The Bertz CT molecular complexity index is 1040. The van der Waals surface area contributed by atoms with Crippen LogP contribution in [-0.4, -0.2) is 47.9 Å². The number of fused-ring (bicyclic) bond motifs is 1. The van der Waals surface area contributed by atoms with E-state index in [0.717, 1.165) is 30.6 Å². The number of benzene rings is 2. The van der Waals surface area contributed by atoms with E-state index in [0.29, 0.717) is 12.1 Å². The molecule has 3 N–H and O–H groups in total. The van der Waals surface area contributed by atoms with Gasteiger partial charge < -0.3 is 16.0 Å². The molecule has 1 fully saturated rings. The Morgan fingerprint density at radius 2 is 1.90 bits per heavy atom. The van der Waals surface area contributed by atoms with Crippen LogP contribution < -0.4 is 11.1 Å². The molecule has 2 aliphatic heterocycles. The average molecular weight is 430 g/mol. The van der Waals surface area contributed by atoms with E-state index in [1.54, 1.807) is 6.07 Å². The summed E-state index contributed by atoms with van der Waals surface area (Å²) in [6.07, 6.45) is -4.31. The Morgan fingerprint density at radius 1 is 1.16 bits per heavy atom. The van der Waals surface area contributed by atoms with Crippen molar-refractivity contribution < 1.29 is 22.8 Å². The number of nitrogens with zero attached hydrogens (tertiary/aromatic N) is 2. The SMILES string of the molecule is NC(=NC(=O)C(F)(F)F)c1ccc2c(c1)C(=O)N([C@H]1CCNCC1c1ccccc1)C2. The second-order valence-electron chi connectivity index (χ2n) is 7.68. The Morgan fingerprint density at radius 3 is 2.61 bits per heavy atom. The van der Waals surface area contributed by atoms with Gasteiger partial charge in [-0.1, -0.05) is 42.5 Å². The van der Waals surface area contributed by atoms with Crippen LogP contribution in [0.2, 0.25) is 0 Å². The van der Waals surface area contributed by atoms with Gasteiger partial charge in [-0.25, -0.2) is 0 Å². The van der Waals surface area contributed by atoms with Gasteiger partial charge in [0.15, 0.2) is 0 Å². The van der Waals surface area contributed by atoms with Crippen LogP contribution in [0.15, 0.2) is 53.5 Å². The summed E-state index contributed by atoms with van der Waals surface area (Å²) in [5.41, 5.74) is 8.00. The van der Waals surface area contributed by atoms with Crippen molar-refractivity contribution in [1.29, 1.82) is 0 Å². The molecule has 2 aromatic rings. The summed E-state index contributed by atoms with van der Waals surface area (Å²) < 4.78 is 37.4. The first-order chi connectivity index (χ1) is 14.8. The molecule has 31 heavy (non-hydrogen) atoms. The van der Waals surface area contributed by atoms with Crippen LogP contribution in [0.5, 0.6) is 0 Å². The van der Waals surface area contributed by atoms with E-state index >= 15 is 0 Å². The Labute approximate surface area is 176 Å². The van der Waals surface area contributed by atoms with Crippen LogP contribution >= 0.6 is 0 Å². The van der Waals surface area contributed by atoms with Crippen molar-refractivity contribution in [1.82, 2.24) is 10.2 Å². The lowest BCUT2D eigenvalue weighted by Crippen LogP contribution is -2.48. The van der Waals surface area contributed by atoms with E-state index in [1.165, 1.54) is 12.1 Å². The van der Waals surface area contributed by atoms with Gasteiger partial charge >= 0.3 is 12.1 Å². The molecule has 2 heterocycles. The lowest BCUT2D eigenvalue weighted by molar-refractivity contribution is -0.169. The normalized spacial score (nSPS) is 21.8. The highest BCUT2D eigenvalue weighted by Gasteiger charge is 2.40. The number of amidine groups is 1. The van der Waals surface area contributed by atoms with Gasteiger partial charge in [-0.3, -0.25) is 9.59 Å². The largest absolute Gasteiger partial charge is 0.473 e. The van der Waals surface area contributed by atoms with Crippen LogP contribution in [0.1, 0.15) is 39.4 Å². The van der Waals surface area contributed by atoms with Gasteiger partial charge in [0.25, 0.3) is 5.91 Å². The number of nitrogens with one attached hydrogen (secondary N) is 1. The standard InChI is InChI=1S/C22H21F3N4O2/c23-22(24,25)21(31)28-19(26)14-6-7-15-12-29(20(30)16(15)10-14)18-8-9-27-11-17(18)13-4-2-1-3-5-13/h1-7,10,17-18,27H,8-9,11-12H2,(H2,26,28,31)/t17?,18-/m0/s1. The molecule has 2 aromatic carbocycles. The number of piperidine rings is 1. The van der Waals surface area contributed by atoms with Crippen molar-refractivity contribution in [2.45, 2.75) is 31.1 Å². The third-order valence-electron chi connectivity index (χ3n) is 5.78. The highest BCUT2D eigenvalue weighted by Crippen LogP contribution is 2.34. The maximum absolute atomic E-state index is 13.2. The van der Waals surface area contributed by atoms with E-state index in [9.17, 15) is 22.8 Å². The minimum Gasteiger partial charge on any atom is -0.383 e. The van der Waals surface area contributed by atoms with Gasteiger partial charge in [-0.05, 0) is 30.2 Å². The molecule has 9 heteroatoms. The zero-order valence-corrected chi connectivity index (χ0v) is 16.5. The van der Waals surface area contributed by atoms with Crippen LogP contribution in [0.3, 0.4) is 0 Å². The van der Waals surface area contributed by atoms with E-state index in [1.807, 2.05) is 35.2 Å². The number of halogens is 3. The number of aliphatic imine (C=N–C) groups is 1. The molecule has 2 atom stereocenters. The number of carbonyl (C=O) groups is 2. The van der Waals surface area contributed by atoms with Crippen LogP contribution in [-0.2, 0) is 11.3 Å². The molecule has 0 aromatic heterocycles. The monoisotopic (exact) mass is 430 g/mol. The van der Waals surface area contributed by atoms with Crippen molar-refractivity contribution in [3.05, 3.63) is 70.8 Å². The Kier molecular flexibility index (Phi) is 5.53. The summed E-state index contributed by atoms with van der Waals surface area (Å²) in [6, 6.07) is 14.5. The number of amides is 2. The molecule has 0 spiro atoms. The maximum atomic E-state index is 13.2. The lowest BCUT2D eigenvalue weighted by atomic mass is 9.86. The topological polar surface area (TPSA) is 87.8 Å². The molecule has 4 rings (SSSR count). The number of alkyl halides is 3. The van der Waals surface area contributed by atoms with Crippen molar-refractivity contribution in [3.63, 3.8) is 0 Å². The lowest BCUT2D eigenvalue weighted by Gasteiger charge is -2.38. The summed E-state index contributed by atoms with van der Waals surface area (Å²) in [7, 11) is 0. The zero-order chi connectivity index (χ0) is 22.2. The quantitative estimate of drug-likeness (QED) is 0.579. The van der Waals surface area contributed by atoms with Gasteiger partial charge in [0.2, 0.25) is 0 Å². The molecule has 2 aliphatic rings. The number of rotatable bonds is 3. The van der Waals surface area contributed by atoms with Crippen molar-refractivity contribution >= 4 is 17.6 Å². The molecular weight excluding hydrogens is 409 g/mol. The second-order valence-corrected chi connectivity index (χ2v) is 7.68. The van der Waals surface area contributed by atoms with Gasteiger partial charge in [0.05, 0.1) is 0 Å². The molecule has 0 radical (unpaired) electrons. The highest BCUT2D eigenvalue weighted by atomic mass is 19.4. The minimum atomic E-state index is -5.10. The predicted molar refractivity (Wildman–Crippen MR) is 109 cm³/mol. The fourth-order valence-corrected chi connectivity index (χ4v) is 4.25. The third-order valence-corrected chi connectivity index (χ3v) is 5.78. The van der Waals surface area contributed by atoms with Gasteiger partial charge in [0.1, 0.15) is 5.84 Å². The molecule has 1 saturated heterocycles. The molecule has 162 valence electrons. The fourth-order valence-electron chi connectivity index (χ4n) is 4.25. The van der Waals surface area contributed by atoms with Gasteiger partial charge in [-0.15, -0.1) is 0 Å². The highest BCUT2D eigenvalue weighted by molar-refractivity contribution is 6.07. The molecule has 6 nitrogen and oxygen atoms in total. The van der Waals surface area contributed by atoms with Crippen LogP contribution in [0, 0.1) is 0 Å². The number of carbonyl (C=O) groups excluding carboxylic acids is 2. The molecule has 0 saturated carbocycles. The smallest absolute Gasteiger partial charge is 0.383 e. The molecule has 2 amide bonds. The summed E-state index contributed by atoms with van der Waals surface area (Å²) in [5, 5.41) is 3.38. The average Bonchev–Trinajstić information content (AvgIpc) is 3.09. The van der Waals surface area contributed by atoms with Crippen molar-refractivity contribution in [3.8, 4) is 0 Å². The van der Waals surface area contributed by atoms with E-state index in [4.69, 9.17) is 5.73 Å². The fraction of sp³-hybridized carbons (Fsp3) is 0.318. The maximum Gasteiger partial charge on any atom is 0.473 e. The van der Waals surface area contributed by atoms with Gasteiger partial charge in [-0.2, -0.15) is 18.2 Å². The number of nitrogens with two attached hydrogens (primary N) is 1. The second kappa shape index (κ2) is 8.14. The summed E-state index contributed by atoms with van der Waals surface area (Å²) in [6.45, 7) is 1.96. The van der Waals surface area contributed by atoms with E-state index < -0.39 is 17.9 Å². The number of hydrogen-bond donors (Lipinski definition) is 2. The first kappa shape index (κ1) is 21.0. The summed E-state index contributed by atoms with van der Waals surface area (Å²) in [5.74, 6) is -2.91. The third kappa shape index (κ3) is 4.18. The molecular formula is C22H21F3N4O2. The van der Waals surface area contributed by atoms with Crippen molar-refractivity contribution in [2.24, 2.45) is 10.7 Å². The number of hydrogen-bond acceptors (Lipinski definition) is 3. The molecule has 1 unspecified atom stereocenters. The first-order valence-electron chi connectivity index (χ1n) is 9.91. The van der Waals surface area contributed by atoms with Crippen LogP contribution in [0.4, 0.5) is 13.2 Å². The van der Waals surface area contributed by atoms with E-state index in [-0.39, 0.29) is 23.4 Å². The van der Waals surface area contributed by atoms with Gasteiger partial charge in [0, 0.05) is 36.2 Å².